The summed E-state index contributed by atoms with van der Waals surface area (Å²) in [7, 11) is 0. The van der Waals surface area contributed by atoms with Crippen molar-refractivity contribution in [2.24, 2.45) is 0 Å². The van der Waals surface area contributed by atoms with Gasteiger partial charge in [-0.15, -0.1) is 11.3 Å². The van der Waals surface area contributed by atoms with Gasteiger partial charge in [0, 0.05) is 6.42 Å². The Kier molecular flexibility index (Phi) is 4.29. The summed E-state index contributed by atoms with van der Waals surface area (Å²) < 4.78 is 0.608. The van der Waals surface area contributed by atoms with E-state index in [1.54, 1.807) is 6.20 Å². The first-order chi connectivity index (χ1) is 8.86. The molecule has 102 valence electrons. The van der Waals surface area contributed by atoms with E-state index in [1.165, 1.54) is 16.9 Å². The maximum Gasteiger partial charge on any atom is 0.123 e. The quantitative estimate of drug-likeness (QED) is 0.912. The van der Waals surface area contributed by atoms with E-state index in [4.69, 9.17) is 11.6 Å². The number of hydrogen-bond donors (Lipinski definition) is 1. The molecule has 2 nitrogen and oxygen atoms in total. The van der Waals surface area contributed by atoms with Crippen LogP contribution in [0, 0.1) is 0 Å². The standard InChI is InChI=1S/C15H18ClNOS/c1-15(2,3)11-6-4-10(5-7-11)8-12(18)14-17-9-13(16)19-14/h4-7,9,12,18H,8H2,1-3H3. The fourth-order valence-electron chi connectivity index (χ4n) is 1.87. The second-order valence-corrected chi connectivity index (χ2v) is 7.36. The molecule has 2 rings (SSSR count). The van der Waals surface area contributed by atoms with Crippen LogP contribution in [0.4, 0.5) is 0 Å². The topological polar surface area (TPSA) is 33.1 Å². The maximum absolute atomic E-state index is 10.1. The third-order valence-electron chi connectivity index (χ3n) is 3.03. The molecular formula is C15H18ClNOS. The number of aromatic nitrogens is 1. The number of aliphatic hydroxyl groups is 1. The number of thiazole rings is 1. The average molecular weight is 296 g/mol. The highest BCUT2D eigenvalue weighted by Crippen LogP contribution is 2.27. The van der Waals surface area contributed by atoms with Gasteiger partial charge >= 0.3 is 0 Å². The zero-order valence-corrected chi connectivity index (χ0v) is 12.9. The first-order valence-corrected chi connectivity index (χ1v) is 7.44. The van der Waals surface area contributed by atoms with Crippen LogP contribution in [0.3, 0.4) is 0 Å². The van der Waals surface area contributed by atoms with Gasteiger partial charge in [-0.05, 0) is 16.5 Å². The molecule has 19 heavy (non-hydrogen) atoms. The van der Waals surface area contributed by atoms with Gasteiger partial charge in [0.25, 0.3) is 0 Å². The average Bonchev–Trinajstić information content (AvgIpc) is 2.75. The molecule has 4 heteroatoms. The Morgan fingerprint density at radius 2 is 1.89 bits per heavy atom. The van der Waals surface area contributed by atoms with E-state index in [0.717, 1.165) is 5.56 Å². The Labute approximate surface area is 123 Å². The molecule has 0 radical (unpaired) electrons. The molecule has 0 bridgehead atoms. The van der Waals surface area contributed by atoms with E-state index >= 15 is 0 Å². The van der Waals surface area contributed by atoms with Gasteiger partial charge in [-0.3, -0.25) is 0 Å². The first-order valence-electron chi connectivity index (χ1n) is 6.25. The number of aliphatic hydroxyl groups excluding tert-OH is 1. The third-order valence-corrected chi connectivity index (χ3v) is 4.25. The second kappa shape index (κ2) is 5.61. The van der Waals surface area contributed by atoms with Crippen molar-refractivity contribution in [3.8, 4) is 0 Å². The number of nitrogens with zero attached hydrogens (tertiary/aromatic N) is 1. The van der Waals surface area contributed by atoms with Crippen molar-refractivity contribution >= 4 is 22.9 Å². The summed E-state index contributed by atoms with van der Waals surface area (Å²) in [5.41, 5.74) is 2.55. The van der Waals surface area contributed by atoms with E-state index < -0.39 is 6.10 Å². The van der Waals surface area contributed by atoms with Crippen LogP contribution >= 0.6 is 22.9 Å². The lowest BCUT2D eigenvalue weighted by Gasteiger charge is -2.19. The summed E-state index contributed by atoms with van der Waals surface area (Å²) in [4.78, 5) is 4.11. The van der Waals surface area contributed by atoms with Gasteiger partial charge in [0.2, 0.25) is 0 Å². The highest BCUT2D eigenvalue weighted by Gasteiger charge is 2.15. The van der Waals surface area contributed by atoms with Crippen molar-refractivity contribution in [3.63, 3.8) is 0 Å². The Morgan fingerprint density at radius 1 is 1.26 bits per heavy atom. The van der Waals surface area contributed by atoms with E-state index in [9.17, 15) is 5.11 Å². The molecule has 1 aromatic heterocycles. The summed E-state index contributed by atoms with van der Waals surface area (Å²) in [6.45, 7) is 6.57. The lowest BCUT2D eigenvalue weighted by atomic mass is 9.86. The van der Waals surface area contributed by atoms with Gasteiger partial charge in [-0.25, -0.2) is 4.98 Å². The predicted molar refractivity (Wildman–Crippen MR) is 80.9 cm³/mol. The van der Waals surface area contributed by atoms with Crippen LogP contribution in [0.5, 0.6) is 0 Å². The van der Waals surface area contributed by atoms with Gasteiger partial charge in [-0.1, -0.05) is 56.6 Å². The minimum absolute atomic E-state index is 0.153. The molecule has 2 aromatic rings. The molecule has 0 spiro atoms. The minimum atomic E-state index is -0.585. The molecule has 0 amide bonds. The SMILES string of the molecule is CC(C)(C)c1ccc(CC(O)c2ncc(Cl)s2)cc1. The van der Waals surface area contributed by atoms with Gasteiger partial charge < -0.3 is 5.11 Å². The summed E-state index contributed by atoms with van der Waals surface area (Å²) >= 11 is 7.15. The van der Waals surface area contributed by atoms with Gasteiger partial charge in [0.15, 0.2) is 0 Å². The van der Waals surface area contributed by atoms with Crippen molar-refractivity contribution in [2.45, 2.75) is 38.7 Å². The van der Waals surface area contributed by atoms with Crippen molar-refractivity contribution in [3.05, 3.63) is 50.9 Å². The van der Waals surface area contributed by atoms with Crippen molar-refractivity contribution < 1.29 is 5.11 Å². The highest BCUT2D eigenvalue weighted by molar-refractivity contribution is 7.15. The van der Waals surface area contributed by atoms with Crippen LogP contribution in [0.15, 0.2) is 30.5 Å². The number of rotatable bonds is 3. The molecule has 1 heterocycles. The Hall–Kier alpha value is -0.900. The van der Waals surface area contributed by atoms with E-state index in [2.05, 4.69) is 50.0 Å². The molecule has 0 fully saturated rings. The van der Waals surface area contributed by atoms with Crippen molar-refractivity contribution in [1.82, 2.24) is 4.98 Å². The second-order valence-electron chi connectivity index (χ2n) is 5.67. The number of hydrogen-bond acceptors (Lipinski definition) is 3. The monoisotopic (exact) mass is 295 g/mol. The molecular weight excluding hydrogens is 278 g/mol. The number of benzene rings is 1. The van der Waals surface area contributed by atoms with E-state index in [1.807, 2.05) is 0 Å². The fourth-order valence-corrected chi connectivity index (χ4v) is 2.79. The Bertz CT molecular complexity index is 542. The molecule has 0 aliphatic heterocycles. The number of halogens is 1. The zero-order valence-electron chi connectivity index (χ0n) is 11.4. The summed E-state index contributed by atoms with van der Waals surface area (Å²) in [6.07, 6.45) is 1.56. The third kappa shape index (κ3) is 3.78. The zero-order chi connectivity index (χ0) is 14.0. The molecule has 0 saturated carbocycles. The van der Waals surface area contributed by atoms with Crippen molar-refractivity contribution in [1.29, 1.82) is 0 Å². The lowest BCUT2D eigenvalue weighted by Crippen LogP contribution is -2.11. The highest BCUT2D eigenvalue weighted by atomic mass is 35.5. The minimum Gasteiger partial charge on any atom is -0.386 e. The van der Waals surface area contributed by atoms with Crippen LogP contribution in [0.2, 0.25) is 4.34 Å². The fraction of sp³-hybridized carbons (Fsp3) is 0.400. The van der Waals surface area contributed by atoms with E-state index in [-0.39, 0.29) is 5.41 Å². The predicted octanol–water partition coefficient (Wildman–Crippen LogP) is 4.37. The summed E-state index contributed by atoms with van der Waals surface area (Å²) in [6, 6.07) is 8.38. The Morgan fingerprint density at radius 3 is 2.37 bits per heavy atom. The molecule has 1 aromatic carbocycles. The molecule has 1 atom stereocenters. The van der Waals surface area contributed by atoms with E-state index in [0.29, 0.717) is 15.8 Å². The normalized spacial score (nSPS) is 13.5. The lowest BCUT2D eigenvalue weighted by molar-refractivity contribution is 0.178. The molecule has 1 N–H and O–H groups in total. The summed E-state index contributed by atoms with van der Waals surface area (Å²) in [5.74, 6) is 0. The van der Waals surface area contributed by atoms with Crippen LogP contribution in [-0.2, 0) is 11.8 Å². The smallest absolute Gasteiger partial charge is 0.123 e. The van der Waals surface area contributed by atoms with Gasteiger partial charge in [0.05, 0.1) is 6.20 Å². The molecule has 0 aliphatic carbocycles. The van der Waals surface area contributed by atoms with Crippen LogP contribution in [-0.4, -0.2) is 10.1 Å². The maximum atomic E-state index is 10.1. The molecule has 1 unspecified atom stereocenters. The van der Waals surface area contributed by atoms with Crippen LogP contribution in [0.1, 0.15) is 43.0 Å². The molecule has 0 saturated heterocycles. The first kappa shape index (κ1) is 14.5. The van der Waals surface area contributed by atoms with Crippen LogP contribution in [0.25, 0.3) is 0 Å². The van der Waals surface area contributed by atoms with Gasteiger partial charge in [-0.2, -0.15) is 0 Å². The molecule has 0 aliphatic rings. The summed E-state index contributed by atoms with van der Waals surface area (Å²) in [5, 5.41) is 10.8. The van der Waals surface area contributed by atoms with Gasteiger partial charge in [0.1, 0.15) is 15.4 Å². The van der Waals surface area contributed by atoms with Crippen LogP contribution < -0.4 is 0 Å². The van der Waals surface area contributed by atoms with Crippen molar-refractivity contribution in [2.75, 3.05) is 0 Å². The Balaban J connectivity index is 2.07. The largest absolute Gasteiger partial charge is 0.386 e.